The van der Waals surface area contributed by atoms with Crippen LogP contribution >= 0.6 is 23.8 Å². The fourth-order valence-corrected chi connectivity index (χ4v) is 1.77. The van der Waals surface area contributed by atoms with Crippen LogP contribution in [0.3, 0.4) is 0 Å². The van der Waals surface area contributed by atoms with Crippen LogP contribution in [0.25, 0.3) is 0 Å². The van der Waals surface area contributed by atoms with Crippen LogP contribution in [-0.4, -0.2) is 23.4 Å². The van der Waals surface area contributed by atoms with Crippen molar-refractivity contribution in [2.45, 2.75) is 0 Å². The second kappa shape index (κ2) is 7.03. The molecule has 0 aromatic heterocycles. The summed E-state index contributed by atoms with van der Waals surface area (Å²) >= 11 is 11.1. The lowest BCUT2D eigenvalue weighted by atomic mass is 10.2. The summed E-state index contributed by atoms with van der Waals surface area (Å²) in [4.78, 5) is 0. The van der Waals surface area contributed by atoms with E-state index in [9.17, 15) is 0 Å². The van der Waals surface area contributed by atoms with Gasteiger partial charge in [-0.15, -0.1) is 0 Å². The maximum atomic E-state index is 5.83. The van der Waals surface area contributed by atoms with E-state index in [1.807, 2.05) is 54.6 Å². The van der Waals surface area contributed by atoms with Gasteiger partial charge in [0.25, 0.3) is 0 Å². The summed E-state index contributed by atoms with van der Waals surface area (Å²) in [6.07, 6.45) is 1.73. The van der Waals surface area contributed by atoms with E-state index in [1.54, 1.807) is 18.3 Å². The van der Waals surface area contributed by atoms with Crippen LogP contribution in [0.1, 0.15) is 5.56 Å². The van der Waals surface area contributed by atoms with Gasteiger partial charge < -0.3 is 5.32 Å². The molecule has 2 aromatic carbocycles. The van der Waals surface area contributed by atoms with Gasteiger partial charge >= 0.3 is 0 Å². The highest BCUT2D eigenvalue weighted by atomic mass is 35.5. The minimum absolute atomic E-state index is 0.529. The molecule has 3 nitrogen and oxygen atoms in total. The van der Waals surface area contributed by atoms with Crippen molar-refractivity contribution < 1.29 is 0 Å². The first-order valence-electron chi connectivity index (χ1n) is 6.04. The van der Waals surface area contributed by atoms with Gasteiger partial charge in [0.2, 0.25) is 0 Å². The van der Waals surface area contributed by atoms with Crippen LogP contribution in [0.4, 0.5) is 5.69 Å². The standard InChI is InChI=1S/C15H14ClN3S/c1-19(15(20)18-14-5-3-2-4-6-14)17-11-12-7-9-13(16)10-8-12/h2-11H,1H3,(H,18,20)/b17-11+. The summed E-state index contributed by atoms with van der Waals surface area (Å²) in [6, 6.07) is 17.2. The van der Waals surface area contributed by atoms with E-state index in [2.05, 4.69) is 10.4 Å². The van der Waals surface area contributed by atoms with Crippen molar-refractivity contribution in [2.24, 2.45) is 5.10 Å². The van der Waals surface area contributed by atoms with Gasteiger partial charge in [-0.05, 0) is 42.0 Å². The number of nitrogens with one attached hydrogen (secondary N) is 1. The molecule has 0 spiro atoms. The Balaban J connectivity index is 1.95. The van der Waals surface area contributed by atoms with E-state index in [1.165, 1.54) is 0 Å². The first-order valence-corrected chi connectivity index (χ1v) is 6.83. The van der Waals surface area contributed by atoms with Gasteiger partial charge in [0.05, 0.1) is 6.21 Å². The van der Waals surface area contributed by atoms with Crippen molar-refractivity contribution in [1.29, 1.82) is 0 Å². The van der Waals surface area contributed by atoms with Crippen molar-refractivity contribution in [2.75, 3.05) is 12.4 Å². The van der Waals surface area contributed by atoms with E-state index in [-0.39, 0.29) is 0 Å². The Morgan fingerprint density at radius 3 is 2.45 bits per heavy atom. The van der Waals surface area contributed by atoms with Gasteiger partial charge in [-0.25, -0.2) is 5.01 Å². The lowest BCUT2D eigenvalue weighted by Gasteiger charge is -2.15. The molecule has 0 aliphatic heterocycles. The average molecular weight is 304 g/mol. The zero-order valence-corrected chi connectivity index (χ0v) is 12.5. The van der Waals surface area contributed by atoms with Gasteiger partial charge in [0.1, 0.15) is 0 Å². The predicted molar refractivity (Wildman–Crippen MR) is 89.5 cm³/mol. The lowest BCUT2D eigenvalue weighted by molar-refractivity contribution is 0.557. The zero-order valence-electron chi connectivity index (χ0n) is 11.0. The SMILES string of the molecule is CN(/N=C/c1ccc(Cl)cc1)C(=S)Nc1ccccc1. The third kappa shape index (κ3) is 4.33. The molecule has 2 rings (SSSR count). The molecule has 20 heavy (non-hydrogen) atoms. The summed E-state index contributed by atoms with van der Waals surface area (Å²) in [6.45, 7) is 0. The van der Waals surface area contributed by atoms with Gasteiger partial charge in [0, 0.05) is 17.8 Å². The minimum atomic E-state index is 0.529. The molecule has 0 bridgehead atoms. The molecule has 0 amide bonds. The van der Waals surface area contributed by atoms with E-state index >= 15 is 0 Å². The summed E-state index contributed by atoms with van der Waals surface area (Å²) in [7, 11) is 1.80. The number of thiocarbonyl (C=S) groups is 1. The van der Waals surface area contributed by atoms with Crippen molar-refractivity contribution >= 4 is 40.8 Å². The van der Waals surface area contributed by atoms with Crippen LogP contribution in [-0.2, 0) is 0 Å². The van der Waals surface area contributed by atoms with Crippen LogP contribution in [0.2, 0.25) is 5.02 Å². The van der Waals surface area contributed by atoms with E-state index in [4.69, 9.17) is 23.8 Å². The molecule has 0 aliphatic rings. The fourth-order valence-electron chi connectivity index (χ4n) is 1.48. The first-order chi connectivity index (χ1) is 9.65. The Morgan fingerprint density at radius 1 is 1.15 bits per heavy atom. The van der Waals surface area contributed by atoms with Crippen LogP contribution in [0.5, 0.6) is 0 Å². The average Bonchev–Trinajstić information content (AvgIpc) is 2.47. The predicted octanol–water partition coefficient (Wildman–Crippen LogP) is 4.00. The molecule has 5 heteroatoms. The van der Waals surface area contributed by atoms with E-state index < -0.39 is 0 Å². The van der Waals surface area contributed by atoms with E-state index in [0.717, 1.165) is 11.3 Å². The molecule has 0 heterocycles. The number of hydrazone groups is 1. The van der Waals surface area contributed by atoms with Crippen molar-refractivity contribution in [3.8, 4) is 0 Å². The van der Waals surface area contributed by atoms with Gasteiger partial charge in [0.15, 0.2) is 5.11 Å². The molecule has 0 unspecified atom stereocenters. The Hall–Kier alpha value is -1.91. The lowest BCUT2D eigenvalue weighted by Crippen LogP contribution is -2.26. The van der Waals surface area contributed by atoms with Crippen molar-refractivity contribution in [1.82, 2.24) is 5.01 Å². The second-order valence-electron chi connectivity index (χ2n) is 4.12. The molecular weight excluding hydrogens is 290 g/mol. The minimum Gasteiger partial charge on any atom is -0.331 e. The number of benzene rings is 2. The Bertz CT molecular complexity index is 596. The largest absolute Gasteiger partial charge is 0.331 e. The summed E-state index contributed by atoms with van der Waals surface area (Å²) in [5, 5.41) is 10.2. The van der Waals surface area contributed by atoms with Gasteiger partial charge in [-0.1, -0.05) is 41.9 Å². The monoisotopic (exact) mass is 303 g/mol. The van der Waals surface area contributed by atoms with Gasteiger partial charge in [-0.2, -0.15) is 5.10 Å². The smallest absolute Gasteiger partial charge is 0.193 e. The number of halogens is 1. The molecule has 2 aromatic rings. The topological polar surface area (TPSA) is 27.6 Å². The third-order valence-corrected chi connectivity index (χ3v) is 3.19. The maximum absolute atomic E-state index is 5.83. The van der Waals surface area contributed by atoms with Crippen LogP contribution in [0, 0.1) is 0 Å². The summed E-state index contributed by atoms with van der Waals surface area (Å²) in [5.41, 5.74) is 1.90. The molecule has 0 atom stereocenters. The zero-order chi connectivity index (χ0) is 14.4. The van der Waals surface area contributed by atoms with Crippen LogP contribution < -0.4 is 5.32 Å². The highest BCUT2D eigenvalue weighted by Gasteiger charge is 2.01. The molecule has 0 saturated heterocycles. The maximum Gasteiger partial charge on any atom is 0.193 e. The number of hydrogen-bond donors (Lipinski definition) is 1. The molecule has 0 saturated carbocycles. The number of anilines is 1. The van der Waals surface area contributed by atoms with Crippen molar-refractivity contribution in [3.05, 3.63) is 65.2 Å². The Kier molecular flexibility index (Phi) is 5.09. The molecule has 0 radical (unpaired) electrons. The first kappa shape index (κ1) is 14.5. The second-order valence-corrected chi connectivity index (χ2v) is 4.94. The third-order valence-electron chi connectivity index (χ3n) is 2.57. The number of nitrogens with zero attached hydrogens (tertiary/aromatic N) is 2. The summed E-state index contributed by atoms with van der Waals surface area (Å²) < 4.78 is 0. The quantitative estimate of drug-likeness (QED) is 0.527. The molecule has 1 N–H and O–H groups in total. The summed E-state index contributed by atoms with van der Waals surface area (Å²) in [5.74, 6) is 0. The normalized spacial score (nSPS) is 10.5. The number of para-hydroxylation sites is 1. The molecular formula is C15H14ClN3S. The van der Waals surface area contributed by atoms with Gasteiger partial charge in [-0.3, -0.25) is 0 Å². The molecule has 0 aliphatic carbocycles. The Morgan fingerprint density at radius 2 is 1.80 bits per heavy atom. The highest BCUT2D eigenvalue weighted by molar-refractivity contribution is 7.80. The van der Waals surface area contributed by atoms with Crippen molar-refractivity contribution in [3.63, 3.8) is 0 Å². The Labute approximate surface area is 128 Å². The molecule has 0 fully saturated rings. The number of rotatable bonds is 3. The highest BCUT2D eigenvalue weighted by Crippen LogP contribution is 2.09. The van der Waals surface area contributed by atoms with Crippen LogP contribution in [0.15, 0.2) is 59.7 Å². The fraction of sp³-hybridized carbons (Fsp3) is 0.0667. The van der Waals surface area contributed by atoms with E-state index in [0.29, 0.717) is 10.1 Å². The molecule has 102 valence electrons. The number of hydrogen-bond acceptors (Lipinski definition) is 2.